The standard InChI is InChI=1S/C13H15NO3/c1-8-9(3-2-4-13(16)17)5-6-11-10(8)7-12(15)14-11/h5-6H,2-4,7H2,1H3,(H,14,15)(H,16,17). The van der Waals surface area contributed by atoms with Crippen LogP contribution in [-0.2, 0) is 22.4 Å². The molecule has 4 nitrogen and oxygen atoms in total. The van der Waals surface area contributed by atoms with Gasteiger partial charge in [-0.25, -0.2) is 0 Å². The van der Waals surface area contributed by atoms with Crippen LogP contribution in [0.4, 0.5) is 5.69 Å². The molecule has 0 unspecified atom stereocenters. The monoisotopic (exact) mass is 233 g/mol. The van der Waals surface area contributed by atoms with E-state index in [1.807, 2.05) is 19.1 Å². The Balaban J connectivity index is 2.12. The van der Waals surface area contributed by atoms with E-state index in [1.165, 1.54) is 0 Å². The Morgan fingerprint density at radius 2 is 2.24 bits per heavy atom. The van der Waals surface area contributed by atoms with Crippen LogP contribution in [0.2, 0.25) is 0 Å². The molecule has 2 rings (SSSR count). The minimum Gasteiger partial charge on any atom is -0.481 e. The fourth-order valence-corrected chi connectivity index (χ4v) is 2.21. The number of nitrogens with one attached hydrogen (secondary N) is 1. The largest absolute Gasteiger partial charge is 0.481 e. The van der Waals surface area contributed by atoms with Crippen LogP contribution in [0.5, 0.6) is 0 Å². The van der Waals surface area contributed by atoms with Gasteiger partial charge in [0.2, 0.25) is 5.91 Å². The molecule has 0 saturated heterocycles. The second kappa shape index (κ2) is 4.57. The molecule has 0 radical (unpaired) electrons. The Bertz CT molecular complexity index is 480. The van der Waals surface area contributed by atoms with E-state index in [9.17, 15) is 9.59 Å². The summed E-state index contributed by atoms with van der Waals surface area (Å²) >= 11 is 0. The van der Waals surface area contributed by atoms with Crippen molar-refractivity contribution in [1.82, 2.24) is 0 Å². The molecule has 2 N–H and O–H groups in total. The van der Waals surface area contributed by atoms with Crippen molar-refractivity contribution in [2.45, 2.75) is 32.6 Å². The lowest BCUT2D eigenvalue weighted by molar-refractivity contribution is -0.137. The van der Waals surface area contributed by atoms with Crippen molar-refractivity contribution >= 4 is 17.6 Å². The first kappa shape index (κ1) is 11.6. The summed E-state index contributed by atoms with van der Waals surface area (Å²) in [6.07, 6.45) is 2.01. The molecule has 0 atom stereocenters. The Morgan fingerprint density at radius 3 is 2.94 bits per heavy atom. The zero-order valence-electron chi connectivity index (χ0n) is 9.75. The summed E-state index contributed by atoms with van der Waals surface area (Å²) < 4.78 is 0. The van der Waals surface area contributed by atoms with Crippen LogP contribution in [0.25, 0.3) is 0 Å². The first-order valence-electron chi connectivity index (χ1n) is 5.71. The number of hydrogen-bond donors (Lipinski definition) is 2. The molecular weight excluding hydrogens is 218 g/mol. The maximum absolute atomic E-state index is 11.3. The van der Waals surface area contributed by atoms with Crippen molar-refractivity contribution in [3.63, 3.8) is 0 Å². The topological polar surface area (TPSA) is 66.4 Å². The van der Waals surface area contributed by atoms with Gasteiger partial charge >= 0.3 is 5.97 Å². The van der Waals surface area contributed by atoms with Gasteiger partial charge in [-0.05, 0) is 42.5 Å². The summed E-state index contributed by atoms with van der Waals surface area (Å²) in [5.74, 6) is -0.730. The van der Waals surface area contributed by atoms with Crippen molar-refractivity contribution in [2.24, 2.45) is 0 Å². The zero-order valence-corrected chi connectivity index (χ0v) is 9.75. The highest BCUT2D eigenvalue weighted by Crippen LogP contribution is 2.29. The molecule has 0 fully saturated rings. The number of amides is 1. The smallest absolute Gasteiger partial charge is 0.303 e. The lowest BCUT2D eigenvalue weighted by Crippen LogP contribution is -2.03. The number of benzene rings is 1. The molecule has 17 heavy (non-hydrogen) atoms. The molecule has 0 aliphatic carbocycles. The summed E-state index contributed by atoms with van der Waals surface area (Å²) in [7, 11) is 0. The molecule has 0 saturated carbocycles. The molecular formula is C13H15NO3. The fraction of sp³-hybridized carbons (Fsp3) is 0.385. The third kappa shape index (κ3) is 2.46. The molecule has 90 valence electrons. The van der Waals surface area contributed by atoms with Gasteiger partial charge in [0.15, 0.2) is 0 Å². The molecule has 1 aliphatic rings. The van der Waals surface area contributed by atoms with Gasteiger partial charge in [0.1, 0.15) is 0 Å². The highest BCUT2D eigenvalue weighted by atomic mass is 16.4. The third-order valence-electron chi connectivity index (χ3n) is 3.16. The predicted molar refractivity (Wildman–Crippen MR) is 64.1 cm³/mol. The van der Waals surface area contributed by atoms with E-state index in [4.69, 9.17) is 5.11 Å². The molecule has 0 bridgehead atoms. The van der Waals surface area contributed by atoms with Crippen LogP contribution in [0.15, 0.2) is 12.1 Å². The second-order valence-corrected chi connectivity index (χ2v) is 4.35. The van der Waals surface area contributed by atoms with Crippen molar-refractivity contribution < 1.29 is 14.7 Å². The van der Waals surface area contributed by atoms with Gasteiger partial charge < -0.3 is 10.4 Å². The third-order valence-corrected chi connectivity index (χ3v) is 3.16. The van der Waals surface area contributed by atoms with Crippen molar-refractivity contribution in [3.05, 3.63) is 28.8 Å². The number of carboxylic acids is 1. The van der Waals surface area contributed by atoms with Gasteiger partial charge in [-0.1, -0.05) is 6.07 Å². The number of rotatable bonds is 4. The highest BCUT2D eigenvalue weighted by Gasteiger charge is 2.20. The molecule has 1 heterocycles. The fourth-order valence-electron chi connectivity index (χ4n) is 2.21. The summed E-state index contributed by atoms with van der Waals surface area (Å²) in [6.45, 7) is 2.00. The van der Waals surface area contributed by atoms with Crippen molar-refractivity contribution in [2.75, 3.05) is 5.32 Å². The number of carbonyl (C=O) groups excluding carboxylic acids is 1. The maximum atomic E-state index is 11.3. The lowest BCUT2D eigenvalue weighted by Gasteiger charge is -2.09. The first-order chi connectivity index (χ1) is 8.08. The quantitative estimate of drug-likeness (QED) is 0.834. The number of carbonyl (C=O) groups is 2. The minimum absolute atomic E-state index is 0.0331. The van der Waals surface area contributed by atoms with E-state index >= 15 is 0 Å². The van der Waals surface area contributed by atoms with Crippen LogP contribution in [0.3, 0.4) is 0 Å². The average molecular weight is 233 g/mol. The van der Waals surface area contributed by atoms with Gasteiger partial charge in [-0.2, -0.15) is 0 Å². The first-order valence-corrected chi connectivity index (χ1v) is 5.71. The number of anilines is 1. The normalized spacial score (nSPS) is 13.4. The number of carboxylic acid groups (broad SMARTS) is 1. The van der Waals surface area contributed by atoms with Crippen LogP contribution >= 0.6 is 0 Å². The van der Waals surface area contributed by atoms with Gasteiger partial charge in [-0.3, -0.25) is 9.59 Å². The minimum atomic E-state index is -0.763. The van der Waals surface area contributed by atoms with Gasteiger partial charge in [-0.15, -0.1) is 0 Å². The molecule has 1 aromatic rings. The van der Waals surface area contributed by atoms with E-state index in [0.717, 1.165) is 28.8 Å². The molecule has 1 aliphatic heterocycles. The van der Waals surface area contributed by atoms with E-state index in [1.54, 1.807) is 0 Å². The van der Waals surface area contributed by atoms with Gasteiger partial charge in [0.05, 0.1) is 6.42 Å². The predicted octanol–water partition coefficient (Wildman–Crippen LogP) is 1.90. The second-order valence-electron chi connectivity index (χ2n) is 4.35. The van der Waals surface area contributed by atoms with Crippen LogP contribution in [0.1, 0.15) is 29.5 Å². The van der Waals surface area contributed by atoms with Crippen molar-refractivity contribution in [1.29, 1.82) is 0 Å². The molecule has 0 aromatic heterocycles. The summed E-state index contributed by atoms with van der Waals surface area (Å²) in [5.41, 5.74) is 4.21. The maximum Gasteiger partial charge on any atom is 0.303 e. The van der Waals surface area contributed by atoms with Gasteiger partial charge in [0, 0.05) is 12.1 Å². The number of hydrogen-bond acceptors (Lipinski definition) is 2. The van der Waals surface area contributed by atoms with E-state index < -0.39 is 5.97 Å². The Kier molecular flexibility index (Phi) is 3.13. The summed E-state index contributed by atoms with van der Waals surface area (Å²) in [5, 5.41) is 11.4. The summed E-state index contributed by atoms with van der Waals surface area (Å²) in [6, 6.07) is 3.88. The number of fused-ring (bicyclic) bond motifs is 1. The van der Waals surface area contributed by atoms with Crippen LogP contribution in [0, 0.1) is 6.92 Å². The number of aliphatic carboxylic acids is 1. The van der Waals surface area contributed by atoms with Crippen molar-refractivity contribution in [3.8, 4) is 0 Å². The molecule has 1 amide bonds. The average Bonchev–Trinajstić information content (AvgIpc) is 2.63. The molecule has 4 heteroatoms. The highest BCUT2D eigenvalue weighted by molar-refractivity contribution is 5.99. The lowest BCUT2D eigenvalue weighted by atomic mass is 9.96. The summed E-state index contributed by atoms with van der Waals surface area (Å²) in [4.78, 5) is 21.7. The zero-order chi connectivity index (χ0) is 12.4. The van der Waals surface area contributed by atoms with Crippen LogP contribution in [-0.4, -0.2) is 17.0 Å². The van der Waals surface area contributed by atoms with E-state index in [2.05, 4.69) is 5.32 Å². The number of aryl methyl sites for hydroxylation is 1. The molecule has 1 aromatic carbocycles. The Morgan fingerprint density at radius 1 is 1.47 bits per heavy atom. The van der Waals surface area contributed by atoms with E-state index in [0.29, 0.717) is 12.8 Å². The van der Waals surface area contributed by atoms with Gasteiger partial charge in [0.25, 0.3) is 0 Å². The Labute approximate surface area is 99.6 Å². The Hall–Kier alpha value is -1.84. The van der Waals surface area contributed by atoms with Crippen LogP contribution < -0.4 is 5.32 Å². The SMILES string of the molecule is Cc1c(CCCC(=O)O)ccc2c1CC(=O)N2. The van der Waals surface area contributed by atoms with E-state index in [-0.39, 0.29) is 12.3 Å². The molecule has 0 spiro atoms.